The molecule has 0 unspecified atom stereocenters. The minimum atomic E-state index is -1.17. The van der Waals surface area contributed by atoms with Crippen LogP contribution in [0.1, 0.15) is 25.6 Å². The summed E-state index contributed by atoms with van der Waals surface area (Å²) >= 11 is 1.58. The molecule has 0 aliphatic heterocycles. The van der Waals surface area contributed by atoms with Crippen molar-refractivity contribution in [3.05, 3.63) is 17.0 Å². The number of thiophene rings is 1. The number of carbonyl (C=O) groups is 1. The van der Waals surface area contributed by atoms with Crippen molar-refractivity contribution in [3.8, 4) is 10.7 Å². The van der Waals surface area contributed by atoms with E-state index in [0.29, 0.717) is 5.82 Å². The molecule has 2 heterocycles. The van der Waals surface area contributed by atoms with Gasteiger partial charge in [0.1, 0.15) is 0 Å². The van der Waals surface area contributed by atoms with Crippen molar-refractivity contribution in [2.75, 3.05) is 0 Å². The third kappa shape index (κ3) is 2.01. The first-order chi connectivity index (χ1) is 8.46. The zero-order valence-electron chi connectivity index (χ0n) is 10.4. The molecule has 0 bridgehead atoms. The second-order valence-electron chi connectivity index (χ2n) is 4.40. The molecular weight excluding hydrogens is 252 g/mol. The molecule has 2 aromatic rings. The van der Waals surface area contributed by atoms with Crippen LogP contribution in [0.3, 0.4) is 0 Å². The fourth-order valence-corrected chi connectivity index (χ4v) is 2.41. The van der Waals surface area contributed by atoms with Crippen LogP contribution >= 0.6 is 11.3 Å². The van der Waals surface area contributed by atoms with E-state index in [4.69, 9.17) is 0 Å². The van der Waals surface area contributed by atoms with Gasteiger partial charge in [0.25, 0.3) is 0 Å². The van der Waals surface area contributed by atoms with Gasteiger partial charge in [-0.15, -0.1) is 16.4 Å². The summed E-state index contributed by atoms with van der Waals surface area (Å²) in [6.07, 6.45) is 0.939. The van der Waals surface area contributed by atoms with Crippen molar-refractivity contribution in [1.29, 1.82) is 0 Å². The Morgan fingerprint density at radius 3 is 2.78 bits per heavy atom. The largest absolute Gasteiger partial charge is 0.479 e. The van der Waals surface area contributed by atoms with Gasteiger partial charge in [-0.3, -0.25) is 0 Å². The number of tetrazole rings is 1. The van der Waals surface area contributed by atoms with Crippen LogP contribution in [0.2, 0.25) is 0 Å². The van der Waals surface area contributed by atoms with Gasteiger partial charge in [0.15, 0.2) is 11.4 Å². The molecule has 0 aliphatic carbocycles. The molecular formula is C11H14N4O2S. The summed E-state index contributed by atoms with van der Waals surface area (Å²) in [4.78, 5) is 13.3. The van der Waals surface area contributed by atoms with Crippen molar-refractivity contribution in [1.82, 2.24) is 20.2 Å². The predicted octanol–water partition coefficient (Wildman–Crippen LogP) is 1.78. The highest BCUT2D eigenvalue weighted by molar-refractivity contribution is 7.15. The number of aryl methyl sites for hydroxylation is 1. The lowest BCUT2D eigenvalue weighted by Crippen LogP contribution is -2.37. The normalized spacial score (nSPS) is 11.7. The number of carboxylic acids is 1. The van der Waals surface area contributed by atoms with Crippen LogP contribution in [-0.2, 0) is 16.8 Å². The molecule has 0 saturated heterocycles. The summed E-state index contributed by atoms with van der Waals surface area (Å²) in [5.41, 5.74) is -1.17. The first kappa shape index (κ1) is 12.7. The van der Waals surface area contributed by atoms with Gasteiger partial charge in [-0.2, -0.15) is 0 Å². The quantitative estimate of drug-likeness (QED) is 0.912. The van der Waals surface area contributed by atoms with Gasteiger partial charge in [-0.05, 0) is 42.8 Å². The standard InChI is InChI=1S/C11H14N4O2S/c1-4-7-5-6-8(18-7)9-12-13-14-15(9)11(2,3)10(16)17/h5-6H,4H2,1-3H3,(H,16,17). The lowest BCUT2D eigenvalue weighted by molar-refractivity contribution is -0.146. The van der Waals surface area contributed by atoms with Gasteiger partial charge in [-0.25, -0.2) is 9.48 Å². The number of nitrogens with zero attached hydrogens (tertiary/aromatic N) is 4. The van der Waals surface area contributed by atoms with Crippen molar-refractivity contribution in [2.24, 2.45) is 0 Å². The number of aromatic nitrogens is 4. The molecule has 2 aromatic heterocycles. The third-order valence-electron chi connectivity index (χ3n) is 2.75. The molecule has 96 valence electrons. The van der Waals surface area contributed by atoms with E-state index in [1.54, 1.807) is 25.2 Å². The van der Waals surface area contributed by atoms with E-state index in [9.17, 15) is 9.90 Å². The van der Waals surface area contributed by atoms with E-state index >= 15 is 0 Å². The maximum absolute atomic E-state index is 11.3. The molecule has 0 saturated carbocycles. The highest BCUT2D eigenvalue weighted by Crippen LogP contribution is 2.29. The second kappa shape index (κ2) is 4.49. The lowest BCUT2D eigenvalue weighted by atomic mass is 10.1. The van der Waals surface area contributed by atoms with Gasteiger partial charge < -0.3 is 5.11 Å². The highest BCUT2D eigenvalue weighted by Gasteiger charge is 2.34. The number of hydrogen-bond donors (Lipinski definition) is 1. The molecule has 0 aromatic carbocycles. The fraction of sp³-hybridized carbons (Fsp3) is 0.455. The zero-order valence-corrected chi connectivity index (χ0v) is 11.2. The van der Waals surface area contributed by atoms with E-state index in [-0.39, 0.29) is 0 Å². The Hall–Kier alpha value is -1.76. The molecule has 0 radical (unpaired) electrons. The average Bonchev–Trinajstić information content (AvgIpc) is 2.97. The van der Waals surface area contributed by atoms with Crippen LogP contribution in [0.5, 0.6) is 0 Å². The Labute approximate surface area is 108 Å². The Bertz CT molecular complexity index is 573. The molecule has 0 amide bonds. The van der Waals surface area contributed by atoms with Crippen molar-refractivity contribution in [2.45, 2.75) is 32.7 Å². The Kier molecular flexibility index (Phi) is 3.16. The predicted molar refractivity (Wildman–Crippen MR) is 67.5 cm³/mol. The number of carboxylic acid groups (broad SMARTS) is 1. The topological polar surface area (TPSA) is 80.9 Å². The molecule has 18 heavy (non-hydrogen) atoms. The minimum Gasteiger partial charge on any atom is -0.479 e. The number of hydrogen-bond acceptors (Lipinski definition) is 5. The van der Waals surface area contributed by atoms with Crippen LogP contribution < -0.4 is 0 Å². The van der Waals surface area contributed by atoms with Crippen LogP contribution in [-0.4, -0.2) is 31.3 Å². The summed E-state index contributed by atoms with van der Waals surface area (Å²) in [5, 5.41) is 20.5. The average molecular weight is 266 g/mol. The van der Waals surface area contributed by atoms with Gasteiger partial charge in [0, 0.05) is 4.88 Å². The lowest BCUT2D eigenvalue weighted by Gasteiger charge is -2.19. The van der Waals surface area contributed by atoms with Gasteiger partial charge in [0.2, 0.25) is 0 Å². The van der Waals surface area contributed by atoms with Crippen molar-refractivity contribution < 1.29 is 9.90 Å². The fourth-order valence-electron chi connectivity index (χ4n) is 1.50. The second-order valence-corrected chi connectivity index (χ2v) is 5.57. The molecule has 7 heteroatoms. The molecule has 1 N–H and O–H groups in total. The Morgan fingerprint density at radius 2 is 2.22 bits per heavy atom. The maximum atomic E-state index is 11.3. The zero-order chi connectivity index (χ0) is 13.3. The molecule has 0 atom stereocenters. The van der Waals surface area contributed by atoms with E-state index in [1.165, 1.54) is 9.56 Å². The van der Waals surface area contributed by atoms with E-state index < -0.39 is 11.5 Å². The van der Waals surface area contributed by atoms with E-state index in [2.05, 4.69) is 22.4 Å². The molecule has 0 spiro atoms. The monoisotopic (exact) mass is 266 g/mol. The Balaban J connectivity index is 2.48. The first-order valence-electron chi connectivity index (χ1n) is 5.58. The molecule has 6 nitrogen and oxygen atoms in total. The van der Waals surface area contributed by atoms with E-state index in [1.807, 2.05) is 12.1 Å². The van der Waals surface area contributed by atoms with Crippen LogP contribution in [0, 0.1) is 0 Å². The SMILES string of the molecule is CCc1ccc(-c2nnnn2C(C)(C)C(=O)O)s1. The number of rotatable bonds is 4. The number of aliphatic carboxylic acids is 1. The maximum Gasteiger partial charge on any atom is 0.331 e. The van der Waals surface area contributed by atoms with Gasteiger partial charge in [0.05, 0.1) is 4.88 Å². The minimum absolute atomic E-state index is 0.493. The smallest absolute Gasteiger partial charge is 0.331 e. The molecule has 0 aliphatic rings. The summed E-state index contributed by atoms with van der Waals surface area (Å²) in [7, 11) is 0. The van der Waals surface area contributed by atoms with Crippen LogP contribution in [0.15, 0.2) is 12.1 Å². The third-order valence-corrected chi connectivity index (χ3v) is 3.98. The molecule has 0 fully saturated rings. The summed E-state index contributed by atoms with van der Waals surface area (Å²) < 4.78 is 1.35. The summed E-state index contributed by atoms with van der Waals surface area (Å²) in [6, 6.07) is 3.93. The Morgan fingerprint density at radius 1 is 1.50 bits per heavy atom. The van der Waals surface area contributed by atoms with Gasteiger partial charge >= 0.3 is 5.97 Å². The van der Waals surface area contributed by atoms with E-state index in [0.717, 1.165) is 11.3 Å². The van der Waals surface area contributed by atoms with Crippen LogP contribution in [0.4, 0.5) is 0 Å². The van der Waals surface area contributed by atoms with Crippen molar-refractivity contribution in [3.63, 3.8) is 0 Å². The highest BCUT2D eigenvalue weighted by atomic mass is 32.1. The first-order valence-corrected chi connectivity index (χ1v) is 6.39. The van der Waals surface area contributed by atoms with Crippen LogP contribution in [0.25, 0.3) is 10.7 Å². The van der Waals surface area contributed by atoms with Crippen molar-refractivity contribution >= 4 is 17.3 Å². The summed E-state index contributed by atoms with van der Waals surface area (Å²) in [5.74, 6) is -0.476. The van der Waals surface area contributed by atoms with Gasteiger partial charge in [-0.1, -0.05) is 6.92 Å². The molecule has 2 rings (SSSR count). The summed E-state index contributed by atoms with van der Waals surface area (Å²) in [6.45, 7) is 5.22.